The third kappa shape index (κ3) is 2.23. The van der Waals surface area contributed by atoms with Gasteiger partial charge in [-0.3, -0.25) is 14.9 Å². The molecule has 1 heterocycles. The summed E-state index contributed by atoms with van der Waals surface area (Å²) in [5.74, 6) is -0.0471. The normalized spacial score (nSPS) is 19.3. The average molecular weight is 314 g/mol. The molecule has 1 atom stereocenters. The van der Waals surface area contributed by atoms with Crippen molar-refractivity contribution in [1.82, 2.24) is 5.32 Å². The van der Waals surface area contributed by atoms with Crippen LogP contribution in [-0.4, -0.2) is 30.5 Å². The van der Waals surface area contributed by atoms with E-state index in [0.29, 0.717) is 23.1 Å². The van der Waals surface area contributed by atoms with Crippen LogP contribution < -0.4 is 10.2 Å². The minimum absolute atomic E-state index is 0.0341. The van der Waals surface area contributed by atoms with E-state index >= 15 is 0 Å². The first-order valence-corrected chi connectivity index (χ1v) is 6.26. The van der Waals surface area contributed by atoms with Gasteiger partial charge in [-0.2, -0.15) is 0 Å². The molecule has 1 fully saturated rings. The molecular weight excluding hydrogens is 302 g/mol. The number of halogens is 1. The minimum atomic E-state index is -0.469. The number of likely N-dealkylation sites (N-methyl/N-ethyl adjacent to an activating group) is 1. The maximum Gasteiger partial charge on any atom is 0.285 e. The molecule has 96 valence electrons. The highest BCUT2D eigenvalue weighted by molar-refractivity contribution is 9.10. The van der Waals surface area contributed by atoms with E-state index in [4.69, 9.17) is 0 Å². The van der Waals surface area contributed by atoms with E-state index in [0.717, 1.165) is 0 Å². The third-order valence-electron chi connectivity index (χ3n) is 2.99. The number of nitro benzene ring substituents is 1. The van der Waals surface area contributed by atoms with Crippen molar-refractivity contribution >= 4 is 33.2 Å². The standard InChI is InChI=1S/C11H12BrN3O3/c1-13-9-4-5-14(11(9)16)7-2-3-8(12)10(6-7)15(17)18/h2-3,6,9,13H,4-5H2,1H3. The summed E-state index contributed by atoms with van der Waals surface area (Å²) in [4.78, 5) is 23.9. The van der Waals surface area contributed by atoms with Crippen molar-refractivity contribution in [2.24, 2.45) is 0 Å². The summed E-state index contributed by atoms with van der Waals surface area (Å²) < 4.78 is 0.410. The smallest absolute Gasteiger partial charge is 0.285 e. The zero-order valence-corrected chi connectivity index (χ0v) is 11.3. The zero-order chi connectivity index (χ0) is 13.3. The molecule has 0 radical (unpaired) electrons. The number of nitrogens with one attached hydrogen (secondary N) is 1. The van der Waals surface area contributed by atoms with Gasteiger partial charge in [0.05, 0.1) is 21.1 Å². The fourth-order valence-electron chi connectivity index (χ4n) is 2.01. The lowest BCUT2D eigenvalue weighted by Crippen LogP contribution is -2.36. The molecule has 1 saturated heterocycles. The molecule has 0 aromatic heterocycles. The Morgan fingerprint density at radius 3 is 2.83 bits per heavy atom. The van der Waals surface area contributed by atoms with Crippen LogP contribution in [0.4, 0.5) is 11.4 Å². The Bertz CT molecular complexity index is 506. The summed E-state index contributed by atoms with van der Waals surface area (Å²) in [5, 5.41) is 13.8. The van der Waals surface area contributed by atoms with Crippen molar-refractivity contribution in [2.45, 2.75) is 12.5 Å². The second kappa shape index (κ2) is 5.03. The molecule has 0 bridgehead atoms. The van der Waals surface area contributed by atoms with Gasteiger partial charge in [-0.25, -0.2) is 0 Å². The molecule has 1 unspecified atom stereocenters. The minimum Gasteiger partial charge on any atom is -0.311 e. The quantitative estimate of drug-likeness (QED) is 0.680. The van der Waals surface area contributed by atoms with Crippen molar-refractivity contribution in [1.29, 1.82) is 0 Å². The van der Waals surface area contributed by atoms with Crippen LogP contribution in [0.5, 0.6) is 0 Å². The van der Waals surface area contributed by atoms with E-state index in [1.807, 2.05) is 0 Å². The number of anilines is 1. The number of rotatable bonds is 3. The monoisotopic (exact) mass is 313 g/mol. The number of hydrogen-bond acceptors (Lipinski definition) is 4. The number of hydrogen-bond donors (Lipinski definition) is 1. The van der Waals surface area contributed by atoms with Gasteiger partial charge in [0, 0.05) is 12.6 Å². The lowest BCUT2D eigenvalue weighted by atomic mass is 10.2. The molecule has 1 aromatic rings. The second-order valence-electron chi connectivity index (χ2n) is 4.01. The van der Waals surface area contributed by atoms with Gasteiger partial charge in [0.1, 0.15) is 0 Å². The van der Waals surface area contributed by atoms with E-state index in [1.54, 1.807) is 24.1 Å². The molecule has 1 amide bonds. The maximum atomic E-state index is 12.0. The van der Waals surface area contributed by atoms with Crippen LogP contribution in [0.15, 0.2) is 22.7 Å². The van der Waals surface area contributed by atoms with Gasteiger partial charge in [0.25, 0.3) is 5.69 Å². The van der Waals surface area contributed by atoms with E-state index in [2.05, 4.69) is 21.2 Å². The van der Waals surface area contributed by atoms with Crippen molar-refractivity contribution in [2.75, 3.05) is 18.5 Å². The van der Waals surface area contributed by atoms with E-state index in [9.17, 15) is 14.9 Å². The Kier molecular flexibility index (Phi) is 3.63. The first kappa shape index (κ1) is 13.0. The fourth-order valence-corrected chi connectivity index (χ4v) is 2.40. The number of carbonyl (C=O) groups excluding carboxylic acids is 1. The van der Waals surface area contributed by atoms with Gasteiger partial charge in [0.15, 0.2) is 0 Å². The van der Waals surface area contributed by atoms with Crippen molar-refractivity contribution < 1.29 is 9.72 Å². The summed E-state index contributed by atoms with van der Waals surface area (Å²) in [6, 6.07) is 4.51. The number of nitro groups is 1. The summed E-state index contributed by atoms with van der Waals surface area (Å²) in [6.07, 6.45) is 0.708. The Morgan fingerprint density at radius 2 is 2.28 bits per heavy atom. The predicted octanol–water partition coefficient (Wildman–Crippen LogP) is 1.68. The van der Waals surface area contributed by atoms with Gasteiger partial charge < -0.3 is 10.2 Å². The molecule has 1 aliphatic rings. The van der Waals surface area contributed by atoms with Crippen LogP contribution in [0.1, 0.15) is 6.42 Å². The van der Waals surface area contributed by atoms with Crippen molar-refractivity contribution in [3.8, 4) is 0 Å². The lowest BCUT2D eigenvalue weighted by Gasteiger charge is -2.16. The first-order valence-electron chi connectivity index (χ1n) is 5.47. The largest absolute Gasteiger partial charge is 0.311 e. The highest BCUT2D eigenvalue weighted by atomic mass is 79.9. The lowest BCUT2D eigenvalue weighted by molar-refractivity contribution is -0.385. The molecule has 7 heteroatoms. The summed E-state index contributed by atoms with van der Waals surface area (Å²) in [5.41, 5.74) is 0.529. The molecule has 1 aliphatic heterocycles. The number of nitrogens with zero attached hydrogens (tertiary/aromatic N) is 2. The molecule has 0 spiro atoms. The van der Waals surface area contributed by atoms with Crippen molar-refractivity contribution in [3.63, 3.8) is 0 Å². The van der Waals surface area contributed by atoms with E-state index < -0.39 is 4.92 Å². The molecular formula is C11H12BrN3O3. The number of benzene rings is 1. The van der Waals surface area contributed by atoms with Gasteiger partial charge >= 0.3 is 0 Å². The fraction of sp³-hybridized carbons (Fsp3) is 0.364. The highest BCUT2D eigenvalue weighted by Gasteiger charge is 2.32. The Morgan fingerprint density at radius 1 is 1.56 bits per heavy atom. The third-order valence-corrected chi connectivity index (χ3v) is 3.66. The Labute approximate surface area is 112 Å². The molecule has 2 rings (SSSR count). The summed E-state index contributed by atoms with van der Waals surface area (Å²) >= 11 is 3.12. The van der Waals surface area contributed by atoms with Gasteiger partial charge in [-0.15, -0.1) is 0 Å². The molecule has 1 N–H and O–H groups in total. The van der Waals surface area contributed by atoms with Crippen LogP contribution in [0.25, 0.3) is 0 Å². The topological polar surface area (TPSA) is 75.5 Å². The molecule has 1 aromatic carbocycles. The van der Waals surface area contributed by atoms with Crippen LogP contribution in [0.2, 0.25) is 0 Å². The van der Waals surface area contributed by atoms with Crippen LogP contribution in [0.3, 0.4) is 0 Å². The Hall–Kier alpha value is -1.47. The first-order chi connectivity index (χ1) is 8.54. The van der Waals surface area contributed by atoms with Crippen LogP contribution in [-0.2, 0) is 4.79 Å². The maximum absolute atomic E-state index is 12.0. The molecule has 0 aliphatic carbocycles. The average Bonchev–Trinajstić information content (AvgIpc) is 2.71. The SMILES string of the molecule is CNC1CCN(c2ccc(Br)c([N+](=O)[O-])c2)C1=O. The molecule has 0 saturated carbocycles. The zero-order valence-electron chi connectivity index (χ0n) is 9.72. The molecule has 6 nitrogen and oxygen atoms in total. The van der Waals surface area contributed by atoms with Gasteiger partial charge in [0.2, 0.25) is 5.91 Å². The number of carbonyl (C=O) groups is 1. The van der Waals surface area contributed by atoms with Gasteiger partial charge in [-0.05, 0) is 41.5 Å². The van der Waals surface area contributed by atoms with Crippen LogP contribution in [0, 0.1) is 10.1 Å². The van der Waals surface area contributed by atoms with Crippen molar-refractivity contribution in [3.05, 3.63) is 32.8 Å². The predicted molar refractivity (Wildman–Crippen MR) is 70.6 cm³/mol. The summed E-state index contributed by atoms with van der Waals surface area (Å²) in [6.45, 7) is 0.573. The van der Waals surface area contributed by atoms with E-state index in [1.165, 1.54) is 6.07 Å². The summed E-state index contributed by atoms with van der Waals surface area (Å²) in [7, 11) is 1.73. The van der Waals surface area contributed by atoms with E-state index in [-0.39, 0.29) is 17.6 Å². The highest BCUT2D eigenvalue weighted by Crippen LogP contribution is 2.31. The van der Waals surface area contributed by atoms with Gasteiger partial charge in [-0.1, -0.05) is 0 Å². The second-order valence-corrected chi connectivity index (χ2v) is 4.87. The molecule has 18 heavy (non-hydrogen) atoms. The van der Waals surface area contributed by atoms with Crippen LogP contribution >= 0.6 is 15.9 Å². The number of amides is 1. The Balaban J connectivity index is 2.33.